The SMILES string of the molecule is COc1ccc(C2=NN(c3nc4ccccc4s3)C(=O)/C2=C(/C)Nc2ccc(Oc3ccccc3)cc2)cc1. The molecule has 4 aromatic carbocycles. The molecule has 0 fully saturated rings. The summed E-state index contributed by atoms with van der Waals surface area (Å²) in [7, 11) is 1.62. The van der Waals surface area contributed by atoms with Crippen molar-refractivity contribution in [3.05, 3.63) is 120 Å². The Hall–Kier alpha value is -4.95. The normalized spacial score (nSPS) is 14.4. The molecule has 0 spiro atoms. The first-order chi connectivity index (χ1) is 19.1. The number of anilines is 2. The van der Waals surface area contributed by atoms with Crippen molar-refractivity contribution < 1.29 is 14.3 Å². The van der Waals surface area contributed by atoms with Gasteiger partial charge in [0.15, 0.2) is 0 Å². The fourth-order valence-electron chi connectivity index (χ4n) is 4.28. The maximum absolute atomic E-state index is 13.8. The minimum Gasteiger partial charge on any atom is -0.497 e. The number of hydrogen-bond acceptors (Lipinski definition) is 7. The molecule has 5 aromatic rings. The zero-order valence-corrected chi connectivity index (χ0v) is 22.1. The number of amides is 1. The van der Waals surface area contributed by atoms with E-state index in [1.807, 2.05) is 110 Å². The second kappa shape index (κ2) is 10.4. The maximum Gasteiger partial charge on any atom is 0.284 e. The van der Waals surface area contributed by atoms with Crippen molar-refractivity contribution in [2.45, 2.75) is 6.92 Å². The molecule has 1 aliphatic heterocycles. The molecule has 0 unspecified atom stereocenters. The first-order valence-electron chi connectivity index (χ1n) is 12.3. The first-order valence-corrected chi connectivity index (χ1v) is 13.1. The molecular formula is C31H24N4O3S. The standard InChI is InChI=1S/C31H24N4O3S/c1-20(32-22-14-18-25(19-15-22)38-24-8-4-3-5-9-24)28-29(21-12-16-23(37-2)17-13-21)34-35(30(28)36)31-33-26-10-6-7-11-27(26)39-31/h3-19,32H,1-2H3/b28-20-. The van der Waals surface area contributed by atoms with Gasteiger partial charge in [0.2, 0.25) is 5.13 Å². The molecule has 39 heavy (non-hydrogen) atoms. The maximum atomic E-state index is 13.8. The van der Waals surface area contributed by atoms with Crippen LogP contribution in [0.5, 0.6) is 17.2 Å². The van der Waals surface area contributed by atoms with E-state index in [-0.39, 0.29) is 5.91 Å². The van der Waals surface area contributed by atoms with E-state index >= 15 is 0 Å². The number of allylic oxidation sites excluding steroid dienone is 1. The van der Waals surface area contributed by atoms with Gasteiger partial charge >= 0.3 is 0 Å². The molecule has 0 aliphatic carbocycles. The van der Waals surface area contributed by atoms with Crippen LogP contribution in [0.25, 0.3) is 10.2 Å². The van der Waals surface area contributed by atoms with Crippen LogP contribution in [0.15, 0.2) is 119 Å². The number of ether oxygens (including phenoxy) is 2. The molecule has 0 atom stereocenters. The van der Waals surface area contributed by atoms with Crippen LogP contribution in [0.3, 0.4) is 0 Å². The Morgan fingerprint density at radius 3 is 2.21 bits per heavy atom. The Bertz CT molecular complexity index is 1680. The Morgan fingerprint density at radius 2 is 1.49 bits per heavy atom. The monoisotopic (exact) mass is 532 g/mol. The third-order valence-electron chi connectivity index (χ3n) is 6.21. The van der Waals surface area contributed by atoms with Gasteiger partial charge in [-0.3, -0.25) is 4.79 Å². The predicted octanol–water partition coefficient (Wildman–Crippen LogP) is 7.23. The molecular weight excluding hydrogens is 508 g/mol. The number of hydrazone groups is 1. The molecule has 6 rings (SSSR count). The molecule has 1 aromatic heterocycles. The average Bonchev–Trinajstić information content (AvgIpc) is 3.55. The summed E-state index contributed by atoms with van der Waals surface area (Å²) in [5.41, 5.74) is 4.17. The molecule has 0 saturated carbocycles. The van der Waals surface area contributed by atoms with Crippen LogP contribution in [-0.4, -0.2) is 23.7 Å². The number of benzene rings is 4. The van der Waals surface area contributed by atoms with Gasteiger partial charge in [-0.1, -0.05) is 41.7 Å². The number of thiazole rings is 1. The summed E-state index contributed by atoms with van der Waals surface area (Å²) < 4.78 is 12.2. The van der Waals surface area contributed by atoms with E-state index in [2.05, 4.69) is 10.3 Å². The van der Waals surface area contributed by atoms with Crippen molar-refractivity contribution in [2.75, 3.05) is 17.4 Å². The lowest BCUT2D eigenvalue weighted by Gasteiger charge is -2.13. The Morgan fingerprint density at radius 1 is 0.821 bits per heavy atom. The number of rotatable bonds is 7. The Balaban J connectivity index is 1.33. The number of hydrogen-bond donors (Lipinski definition) is 1. The number of nitrogens with zero attached hydrogens (tertiary/aromatic N) is 3. The van der Waals surface area contributed by atoms with Gasteiger partial charge in [-0.05, 0) is 79.7 Å². The molecule has 0 bridgehead atoms. The average molecular weight is 533 g/mol. The number of fused-ring (bicyclic) bond motifs is 1. The summed E-state index contributed by atoms with van der Waals surface area (Å²) in [4.78, 5) is 18.5. The van der Waals surface area contributed by atoms with Gasteiger partial charge in [0.25, 0.3) is 5.91 Å². The second-order valence-corrected chi connectivity index (χ2v) is 9.83. The molecule has 1 amide bonds. The number of carbonyl (C=O) groups excluding carboxylic acids is 1. The summed E-state index contributed by atoms with van der Waals surface area (Å²) in [5.74, 6) is 1.97. The minimum absolute atomic E-state index is 0.242. The van der Waals surface area contributed by atoms with E-state index in [4.69, 9.17) is 14.6 Å². The molecule has 8 heteroatoms. The van der Waals surface area contributed by atoms with E-state index in [1.165, 1.54) is 16.3 Å². The highest BCUT2D eigenvalue weighted by Crippen LogP contribution is 2.34. The zero-order chi connectivity index (χ0) is 26.8. The fraction of sp³-hybridized carbons (Fsp3) is 0.0645. The second-order valence-electron chi connectivity index (χ2n) is 8.82. The number of nitrogens with one attached hydrogen (secondary N) is 1. The summed E-state index contributed by atoms with van der Waals surface area (Å²) >= 11 is 1.43. The van der Waals surface area contributed by atoms with Crippen molar-refractivity contribution in [3.8, 4) is 17.2 Å². The lowest BCUT2D eigenvalue weighted by atomic mass is 10.0. The lowest BCUT2D eigenvalue weighted by molar-refractivity contribution is -0.114. The number of para-hydroxylation sites is 2. The van der Waals surface area contributed by atoms with E-state index in [0.717, 1.165) is 38.7 Å². The van der Waals surface area contributed by atoms with Crippen molar-refractivity contribution in [2.24, 2.45) is 5.10 Å². The van der Waals surface area contributed by atoms with E-state index in [1.54, 1.807) is 7.11 Å². The number of aromatic nitrogens is 1. The van der Waals surface area contributed by atoms with Gasteiger partial charge in [-0.2, -0.15) is 10.1 Å². The van der Waals surface area contributed by atoms with E-state index in [0.29, 0.717) is 22.1 Å². The highest BCUT2D eigenvalue weighted by atomic mass is 32.1. The summed E-state index contributed by atoms with van der Waals surface area (Å²) in [6.07, 6.45) is 0. The Kier molecular flexibility index (Phi) is 6.52. The lowest BCUT2D eigenvalue weighted by Crippen LogP contribution is -2.23. The van der Waals surface area contributed by atoms with Gasteiger partial charge in [0.05, 0.1) is 22.9 Å². The van der Waals surface area contributed by atoms with Crippen LogP contribution in [0.4, 0.5) is 10.8 Å². The number of methoxy groups -OCH3 is 1. The van der Waals surface area contributed by atoms with Crippen LogP contribution in [0, 0.1) is 0 Å². The van der Waals surface area contributed by atoms with Gasteiger partial charge in [-0.15, -0.1) is 0 Å². The highest BCUT2D eigenvalue weighted by Gasteiger charge is 2.35. The van der Waals surface area contributed by atoms with Crippen molar-refractivity contribution >= 4 is 44.0 Å². The van der Waals surface area contributed by atoms with Crippen LogP contribution < -0.4 is 19.8 Å². The molecule has 0 radical (unpaired) electrons. The third kappa shape index (κ3) is 4.97. The van der Waals surface area contributed by atoms with E-state index in [9.17, 15) is 4.79 Å². The molecule has 0 saturated heterocycles. The summed E-state index contributed by atoms with van der Waals surface area (Å²) in [6, 6.07) is 32.5. The van der Waals surface area contributed by atoms with Crippen LogP contribution in [-0.2, 0) is 4.79 Å². The molecule has 192 valence electrons. The topological polar surface area (TPSA) is 76.0 Å². The van der Waals surface area contributed by atoms with E-state index < -0.39 is 0 Å². The van der Waals surface area contributed by atoms with Crippen LogP contribution in [0.1, 0.15) is 12.5 Å². The van der Waals surface area contributed by atoms with Crippen molar-refractivity contribution in [1.82, 2.24) is 4.98 Å². The van der Waals surface area contributed by atoms with Gasteiger partial charge in [-0.25, -0.2) is 4.98 Å². The smallest absolute Gasteiger partial charge is 0.284 e. The largest absolute Gasteiger partial charge is 0.497 e. The molecule has 2 heterocycles. The third-order valence-corrected chi connectivity index (χ3v) is 7.22. The zero-order valence-electron chi connectivity index (χ0n) is 21.3. The first kappa shape index (κ1) is 24.4. The fourth-order valence-corrected chi connectivity index (χ4v) is 5.20. The molecule has 1 N–H and O–H groups in total. The molecule has 7 nitrogen and oxygen atoms in total. The van der Waals surface area contributed by atoms with Crippen molar-refractivity contribution in [3.63, 3.8) is 0 Å². The van der Waals surface area contributed by atoms with Crippen LogP contribution >= 0.6 is 11.3 Å². The van der Waals surface area contributed by atoms with Gasteiger partial charge in [0.1, 0.15) is 23.0 Å². The molecule has 1 aliphatic rings. The minimum atomic E-state index is -0.242. The van der Waals surface area contributed by atoms with Crippen molar-refractivity contribution in [1.29, 1.82) is 0 Å². The van der Waals surface area contributed by atoms with Gasteiger partial charge < -0.3 is 14.8 Å². The Labute approximate surface area is 229 Å². The highest BCUT2D eigenvalue weighted by molar-refractivity contribution is 7.22. The van der Waals surface area contributed by atoms with Gasteiger partial charge in [0, 0.05) is 16.9 Å². The number of carbonyl (C=O) groups is 1. The summed E-state index contributed by atoms with van der Waals surface area (Å²) in [5, 5.41) is 10.1. The van der Waals surface area contributed by atoms with Crippen LogP contribution in [0.2, 0.25) is 0 Å². The predicted molar refractivity (Wildman–Crippen MR) is 156 cm³/mol. The quantitative estimate of drug-likeness (QED) is 0.224. The summed E-state index contributed by atoms with van der Waals surface area (Å²) in [6.45, 7) is 1.88.